The molecular weight excluding hydrogens is 1150 g/mol. The third-order valence-electron chi connectivity index (χ3n) is 14.0. The predicted molar refractivity (Wildman–Crippen MR) is 382 cm³/mol. The van der Waals surface area contributed by atoms with Gasteiger partial charge in [0, 0.05) is 82.7 Å². The van der Waals surface area contributed by atoms with Crippen LogP contribution in [0.4, 0.5) is 0 Å². The largest absolute Gasteiger partial charge is 0.348 e. The Morgan fingerprint density at radius 3 is 1.16 bits per heavy atom. The molecule has 5 aromatic rings. The zero-order chi connectivity index (χ0) is 70.6. The molecule has 92 heavy (non-hydrogen) atoms. The lowest BCUT2D eigenvalue weighted by Gasteiger charge is -2.38. The van der Waals surface area contributed by atoms with Crippen LogP contribution < -0.4 is 0 Å². The molecule has 0 saturated carbocycles. The van der Waals surface area contributed by atoms with E-state index < -0.39 is 0 Å². The van der Waals surface area contributed by atoms with E-state index in [4.69, 9.17) is 0 Å². The summed E-state index contributed by atoms with van der Waals surface area (Å²) in [5.41, 5.74) is 2.64. The van der Waals surface area contributed by atoms with Gasteiger partial charge >= 0.3 is 0 Å². The number of azo groups is 1. The normalized spacial score (nSPS) is 16.2. The Balaban J connectivity index is 0.000000511. The molecule has 0 atom stereocenters. The van der Waals surface area contributed by atoms with Crippen molar-refractivity contribution in [3.8, 4) is 0 Å². The summed E-state index contributed by atoms with van der Waals surface area (Å²) in [6.07, 6.45) is 31.2. The number of H-pyrrole nitrogens is 1. The second-order valence-corrected chi connectivity index (χ2v) is 33.2. The molecule has 5 aliphatic heterocycles. The second kappa shape index (κ2) is 36.8. The first kappa shape index (κ1) is 83.5. The molecule has 10 rings (SSSR count). The Hall–Kier alpha value is -6.49. The van der Waals surface area contributed by atoms with E-state index in [9.17, 15) is 4.79 Å². The van der Waals surface area contributed by atoms with Gasteiger partial charge in [-0.3, -0.25) is 14.6 Å². The van der Waals surface area contributed by atoms with Crippen LogP contribution in [0.1, 0.15) is 258 Å². The molecule has 2 fully saturated rings. The fourth-order valence-electron chi connectivity index (χ4n) is 8.21. The van der Waals surface area contributed by atoms with Crippen LogP contribution in [0.3, 0.4) is 0 Å². The molecule has 2 saturated heterocycles. The molecule has 23 nitrogen and oxygen atoms in total. The second-order valence-electron chi connectivity index (χ2n) is 33.2. The van der Waals surface area contributed by atoms with Gasteiger partial charge in [-0.15, -0.1) is 10.2 Å². The Kier molecular flexibility index (Phi) is 33.4. The van der Waals surface area contributed by atoms with Crippen LogP contribution in [0, 0.1) is 10.8 Å². The van der Waals surface area contributed by atoms with Crippen molar-refractivity contribution in [2.75, 3.05) is 32.8 Å². The van der Waals surface area contributed by atoms with Crippen molar-refractivity contribution in [2.45, 2.75) is 297 Å². The fraction of sp³-hybridized carbons (Fsp3) is 0.754. The number of hydrogen-bond acceptors (Lipinski definition) is 17. The van der Waals surface area contributed by atoms with Crippen LogP contribution in [0.25, 0.3) is 0 Å². The summed E-state index contributed by atoms with van der Waals surface area (Å²) in [6.45, 7) is 69.7. The summed E-state index contributed by atoms with van der Waals surface area (Å²) < 4.78 is 7.56. The van der Waals surface area contributed by atoms with E-state index in [0.29, 0.717) is 24.2 Å². The van der Waals surface area contributed by atoms with Crippen molar-refractivity contribution in [3.63, 3.8) is 0 Å². The lowest BCUT2D eigenvalue weighted by Crippen LogP contribution is -2.44. The van der Waals surface area contributed by atoms with Crippen LogP contribution in [-0.2, 0) is 32.4 Å². The number of aromatic nitrogens is 13. The maximum absolute atomic E-state index is 11.0. The first-order chi connectivity index (χ1) is 42.0. The lowest BCUT2D eigenvalue weighted by molar-refractivity contribution is -0.133. The number of piperidine rings is 1. The van der Waals surface area contributed by atoms with Crippen molar-refractivity contribution in [3.05, 3.63) is 74.6 Å². The van der Waals surface area contributed by atoms with Gasteiger partial charge < -0.3 is 9.55 Å². The van der Waals surface area contributed by atoms with E-state index in [-0.39, 0.29) is 49.8 Å². The zero-order valence-electron chi connectivity index (χ0n) is 63.3. The first-order valence-corrected chi connectivity index (χ1v) is 32.9. The first-order valence-electron chi connectivity index (χ1n) is 32.9. The average Bonchev–Trinajstić information content (AvgIpc) is 2.09. The standard InChI is InChI=1S/C9H19N.C8H17N.C7H12N2O.3C7H12N2.4C6H11N3/c1-9(2,3)10-7-5-4-6-8-10;1-8(2,3)9-6-4-5-7-9;1-7(2,3)9-6(10)4-5-8-9;1-7(2,3)9-5-4-8-6-9;1-7(2,3)6-8-4-5-9-6;1-7(2,3)6-4-5-8-9-6;2*1-6(2,3)9-5-7-4-8-9;1-6(2,3)5-7-4-8-9-5;1-6(2,3)9-5-4-7-8-9/h4-8H2,1-3H3;4-7H2,1-3H3;5H,4H2,1-3H3;4-6H,1-3H3;4-5H,1-3H3,(H,8,9);5H,4H2,1-3H3;2*4-5H,1-3H3;4H2,1-3H3;4-5H,1-3H3. The number of imidazole rings is 2. The number of carbonyl (C=O) groups is 1. The molecule has 520 valence electrons. The van der Waals surface area contributed by atoms with Gasteiger partial charge in [0.2, 0.25) is 5.91 Å². The number of nitrogens with one attached hydrogen (secondary N) is 1. The van der Waals surface area contributed by atoms with E-state index in [2.05, 4.69) is 277 Å². The number of likely N-dealkylation sites (tertiary alicyclic amines) is 2. The predicted octanol–water partition coefficient (Wildman–Crippen LogP) is 15.3. The molecule has 5 aliphatic rings. The van der Waals surface area contributed by atoms with Crippen LogP contribution in [0.2, 0.25) is 0 Å². The summed E-state index contributed by atoms with van der Waals surface area (Å²) in [6, 6.07) is 0. The third kappa shape index (κ3) is 35.0. The number of hydrazone groups is 1. The summed E-state index contributed by atoms with van der Waals surface area (Å²) >= 11 is 0. The molecule has 10 heterocycles. The van der Waals surface area contributed by atoms with Crippen LogP contribution in [0.15, 0.2) is 99.3 Å². The summed E-state index contributed by atoms with van der Waals surface area (Å²) in [7, 11) is 0. The van der Waals surface area contributed by atoms with Gasteiger partial charge in [-0.05, 0) is 197 Å². The number of aliphatic imine (C=N–C) groups is 1. The van der Waals surface area contributed by atoms with Crippen molar-refractivity contribution >= 4 is 29.9 Å². The van der Waals surface area contributed by atoms with Gasteiger partial charge in [-0.2, -0.15) is 30.6 Å². The minimum Gasteiger partial charge on any atom is -0.348 e. The molecule has 0 radical (unpaired) electrons. The number of amides is 1. The van der Waals surface area contributed by atoms with Crippen LogP contribution in [-0.4, -0.2) is 158 Å². The molecule has 23 heteroatoms. The monoisotopic (exact) mass is 1280 g/mol. The molecule has 0 spiro atoms. The molecule has 0 aliphatic carbocycles. The molecule has 0 bridgehead atoms. The van der Waals surface area contributed by atoms with Crippen LogP contribution >= 0.6 is 0 Å². The van der Waals surface area contributed by atoms with Crippen molar-refractivity contribution in [2.24, 2.45) is 41.4 Å². The summed E-state index contributed by atoms with van der Waals surface area (Å²) in [5.74, 6) is 2.00. The smallest absolute Gasteiger partial charge is 0.248 e. The zero-order valence-corrected chi connectivity index (χ0v) is 63.3. The van der Waals surface area contributed by atoms with Gasteiger partial charge in [0.25, 0.3) is 0 Å². The number of rotatable bonds is 0. The number of carbonyl (C=O) groups excluding carboxylic acids is 1. The van der Waals surface area contributed by atoms with E-state index in [1.54, 1.807) is 50.1 Å². The highest BCUT2D eigenvalue weighted by Crippen LogP contribution is 2.24. The van der Waals surface area contributed by atoms with E-state index in [0.717, 1.165) is 18.1 Å². The summed E-state index contributed by atoms with van der Waals surface area (Å²) in [4.78, 5) is 39.1. The van der Waals surface area contributed by atoms with Gasteiger partial charge in [0.15, 0.2) is 12.5 Å². The Morgan fingerprint density at radius 1 is 0.467 bits per heavy atom. The average molecular weight is 1280 g/mol. The van der Waals surface area contributed by atoms with Crippen LogP contribution in [0.5, 0.6) is 0 Å². The van der Waals surface area contributed by atoms with E-state index in [1.807, 2.05) is 65.9 Å². The SMILES string of the molecule is CC(C)(C)C1=NCN=N1.CC(C)(C)C1=NN=CC1.CC(C)(C)N1CCCC1.CC(C)(C)N1CCCCC1.CC(C)(C)N1N=CCC1=O.CC(C)(C)c1ncc[nH]1.CC(C)(C)n1ccnc1.CC(C)(C)n1ccnn1.CC(C)(C)n1cncn1.CC(C)(C)n1cncn1. The lowest BCUT2D eigenvalue weighted by atomic mass is 9.89. The van der Waals surface area contributed by atoms with E-state index >= 15 is 0 Å². The molecule has 0 unspecified atom stereocenters. The Morgan fingerprint density at radius 2 is 0.967 bits per heavy atom. The van der Waals surface area contributed by atoms with Gasteiger partial charge in [-0.1, -0.05) is 73.9 Å². The topological polar surface area (TPSA) is 240 Å². The maximum Gasteiger partial charge on any atom is 0.248 e. The number of hydrogen-bond donors (Lipinski definition) is 1. The van der Waals surface area contributed by atoms with Gasteiger partial charge in [-0.25, -0.2) is 44.0 Å². The Labute approximate surface area is 556 Å². The molecule has 1 N–H and O–H groups in total. The third-order valence-corrected chi connectivity index (χ3v) is 14.0. The summed E-state index contributed by atoms with van der Waals surface area (Å²) in [5, 5.41) is 36.4. The van der Waals surface area contributed by atoms with Gasteiger partial charge in [0.1, 0.15) is 31.1 Å². The van der Waals surface area contributed by atoms with Crippen molar-refractivity contribution < 1.29 is 4.79 Å². The molecule has 5 aromatic heterocycles. The van der Waals surface area contributed by atoms with E-state index in [1.165, 1.54) is 69.0 Å². The number of nitrogens with zero attached hydrogens (tertiary/aromatic N) is 21. The molecule has 1 amide bonds. The van der Waals surface area contributed by atoms with Gasteiger partial charge in [0.05, 0.1) is 46.8 Å². The Bertz CT molecular complexity index is 2590. The van der Waals surface area contributed by atoms with Crippen molar-refractivity contribution in [1.82, 2.24) is 78.9 Å². The minimum absolute atomic E-state index is 0.0660. The molecule has 0 aromatic carbocycles. The number of amidine groups is 1. The fourth-order valence-corrected chi connectivity index (χ4v) is 8.21. The number of aromatic amines is 1. The quantitative estimate of drug-likeness (QED) is 0.153. The highest BCUT2D eigenvalue weighted by molar-refractivity contribution is 6.01. The molecular formula is C69H128N22O. The van der Waals surface area contributed by atoms with Crippen molar-refractivity contribution in [1.29, 1.82) is 0 Å². The minimum atomic E-state index is -0.163. The maximum atomic E-state index is 11.0. The highest BCUT2D eigenvalue weighted by atomic mass is 16.2. The highest BCUT2D eigenvalue weighted by Gasteiger charge is 2.29.